The Morgan fingerprint density at radius 3 is 2.00 bits per heavy atom. The lowest BCUT2D eigenvalue weighted by Gasteiger charge is -2.37. The van der Waals surface area contributed by atoms with Gasteiger partial charge in [0.2, 0.25) is 0 Å². The van der Waals surface area contributed by atoms with Crippen molar-refractivity contribution >= 4 is 30.9 Å². The summed E-state index contributed by atoms with van der Waals surface area (Å²) in [5, 5.41) is 0. The topological polar surface area (TPSA) is 38.8 Å². The summed E-state index contributed by atoms with van der Waals surface area (Å²) in [7, 11) is -3.20. The van der Waals surface area contributed by atoms with E-state index in [4.69, 9.17) is 32.2 Å². The van der Waals surface area contributed by atoms with Gasteiger partial charge < -0.3 is 0 Å². The molecule has 0 aromatic carbocycles. The maximum atomic E-state index is 12.5. The highest BCUT2D eigenvalue weighted by molar-refractivity contribution is 7.51. The third kappa shape index (κ3) is 3.86. The molecule has 3 atom stereocenters. The number of halogens is 2. The summed E-state index contributed by atoms with van der Waals surface area (Å²) >= 11 is 11.3. The molecule has 96 valence electrons. The average molecular weight is 290 g/mol. The Kier molecular flexibility index (Phi) is 6.06. The molecule has 0 saturated carbocycles. The normalized spacial score (nSPS) is 35.6. The minimum Gasteiger partial charge on any atom is -0.293 e. The van der Waals surface area contributed by atoms with Crippen LogP contribution in [0.1, 0.15) is 20.3 Å². The SMILES string of the molecule is C[C@@H]1C[C@H](C)OP(=O)(N(CCCl)CCCl)O1. The lowest BCUT2D eigenvalue weighted by atomic mass is 10.2. The van der Waals surface area contributed by atoms with Crippen molar-refractivity contribution in [1.82, 2.24) is 4.67 Å². The van der Waals surface area contributed by atoms with E-state index >= 15 is 0 Å². The molecule has 1 aliphatic heterocycles. The minimum absolute atomic E-state index is 0.0669. The highest BCUT2D eigenvalue weighted by Gasteiger charge is 2.40. The van der Waals surface area contributed by atoms with Crippen LogP contribution in [-0.2, 0) is 13.6 Å². The molecule has 16 heavy (non-hydrogen) atoms. The van der Waals surface area contributed by atoms with E-state index in [1.807, 2.05) is 13.8 Å². The Bertz CT molecular complexity index is 247. The van der Waals surface area contributed by atoms with Crippen LogP contribution in [0.4, 0.5) is 0 Å². The van der Waals surface area contributed by atoms with Gasteiger partial charge in [0, 0.05) is 31.3 Å². The zero-order valence-electron chi connectivity index (χ0n) is 9.57. The molecule has 1 saturated heterocycles. The standard InChI is InChI=1S/C9H18Cl2NO3P/c1-8-7-9(2)15-16(13,14-8)12(5-3-10)6-4-11/h8-9H,3-7H2,1-2H3/t8-,9+,16?. The van der Waals surface area contributed by atoms with Gasteiger partial charge in [0.05, 0.1) is 12.2 Å². The fourth-order valence-corrected chi connectivity index (χ4v) is 4.45. The van der Waals surface area contributed by atoms with E-state index in [9.17, 15) is 4.57 Å². The fraction of sp³-hybridized carbons (Fsp3) is 1.00. The van der Waals surface area contributed by atoms with E-state index < -0.39 is 7.75 Å². The quantitative estimate of drug-likeness (QED) is 0.576. The van der Waals surface area contributed by atoms with Crippen LogP contribution in [0.5, 0.6) is 0 Å². The summed E-state index contributed by atoms with van der Waals surface area (Å²) < 4.78 is 25.0. The minimum atomic E-state index is -3.20. The van der Waals surface area contributed by atoms with Gasteiger partial charge in [-0.3, -0.25) is 9.05 Å². The van der Waals surface area contributed by atoms with Crippen LogP contribution in [0.15, 0.2) is 0 Å². The average Bonchev–Trinajstić information content (AvgIpc) is 2.15. The second-order valence-corrected chi connectivity index (χ2v) is 6.55. The van der Waals surface area contributed by atoms with Gasteiger partial charge in [-0.2, -0.15) is 0 Å². The predicted octanol–water partition coefficient (Wildman–Crippen LogP) is 3.09. The summed E-state index contributed by atoms with van der Waals surface area (Å²) in [4.78, 5) is 0. The first-order chi connectivity index (χ1) is 7.51. The van der Waals surface area contributed by atoms with Crippen molar-refractivity contribution in [3.05, 3.63) is 0 Å². The Balaban J connectivity index is 2.74. The number of nitrogens with zero attached hydrogens (tertiary/aromatic N) is 1. The predicted molar refractivity (Wildman–Crippen MR) is 66.3 cm³/mol. The van der Waals surface area contributed by atoms with Crippen LogP contribution in [-0.4, -0.2) is 41.7 Å². The Labute approximate surface area is 107 Å². The Morgan fingerprint density at radius 1 is 1.19 bits per heavy atom. The van der Waals surface area contributed by atoms with Gasteiger partial charge in [-0.1, -0.05) is 0 Å². The summed E-state index contributed by atoms with van der Waals surface area (Å²) in [6, 6.07) is 0. The molecule has 1 rings (SSSR count). The second-order valence-electron chi connectivity index (χ2n) is 3.87. The molecule has 0 radical (unpaired) electrons. The first-order valence-corrected chi connectivity index (χ1v) is 7.92. The van der Waals surface area contributed by atoms with Gasteiger partial charge in [0.1, 0.15) is 0 Å². The van der Waals surface area contributed by atoms with Crippen molar-refractivity contribution in [3.63, 3.8) is 0 Å². The van der Waals surface area contributed by atoms with Gasteiger partial charge in [0.25, 0.3) is 0 Å². The molecule has 0 N–H and O–H groups in total. The monoisotopic (exact) mass is 289 g/mol. The summed E-state index contributed by atoms with van der Waals surface area (Å²) in [5.74, 6) is 0.743. The first-order valence-electron chi connectivity index (χ1n) is 5.36. The highest BCUT2D eigenvalue weighted by atomic mass is 35.5. The molecule has 0 spiro atoms. The largest absolute Gasteiger partial charge is 0.408 e. The molecule has 0 aromatic rings. The lowest BCUT2D eigenvalue weighted by molar-refractivity contribution is 0.0262. The molecule has 7 heteroatoms. The van der Waals surface area contributed by atoms with E-state index in [1.165, 1.54) is 0 Å². The molecule has 1 fully saturated rings. The van der Waals surface area contributed by atoms with Crippen LogP contribution in [0, 0.1) is 0 Å². The van der Waals surface area contributed by atoms with Gasteiger partial charge in [0.15, 0.2) is 0 Å². The first kappa shape index (κ1) is 14.7. The van der Waals surface area contributed by atoms with Crippen molar-refractivity contribution in [2.24, 2.45) is 0 Å². The van der Waals surface area contributed by atoms with E-state index in [2.05, 4.69) is 0 Å². The van der Waals surface area contributed by atoms with Crippen molar-refractivity contribution in [3.8, 4) is 0 Å². The van der Waals surface area contributed by atoms with E-state index in [1.54, 1.807) is 4.67 Å². The third-order valence-corrected chi connectivity index (χ3v) is 5.01. The van der Waals surface area contributed by atoms with Gasteiger partial charge in [-0.05, 0) is 13.8 Å². The summed E-state index contributed by atoms with van der Waals surface area (Å²) in [6.07, 6.45) is 0.616. The van der Waals surface area contributed by atoms with Crippen LogP contribution in [0.25, 0.3) is 0 Å². The smallest absolute Gasteiger partial charge is 0.293 e. The Morgan fingerprint density at radius 2 is 1.62 bits per heavy atom. The van der Waals surface area contributed by atoms with Crippen molar-refractivity contribution < 1.29 is 13.6 Å². The molecule has 1 aliphatic rings. The Hall–Kier alpha value is 0.690. The van der Waals surface area contributed by atoms with Gasteiger partial charge in [-0.25, -0.2) is 9.24 Å². The van der Waals surface area contributed by atoms with Gasteiger partial charge in [-0.15, -0.1) is 23.2 Å². The highest BCUT2D eigenvalue weighted by Crippen LogP contribution is 2.57. The maximum absolute atomic E-state index is 12.5. The molecule has 0 aromatic heterocycles. The van der Waals surface area contributed by atoms with Crippen molar-refractivity contribution in [1.29, 1.82) is 0 Å². The van der Waals surface area contributed by atoms with E-state index in [-0.39, 0.29) is 12.2 Å². The molecule has 4 nitrogen and oxygen atoms in total. The molecule has 0 amide bonds. The van der Waals surface area contributed by atoms with Crippen LogP contribution < -0.4 is 0 Å². The number of alkyl halides is 2. The van der Waals surface area contributed by atoms with E-state index in [0.717, 1.165) is 6.42 Å². The molecule has 0 bridgehead atoms. The van der Waals surface area contributed by atoms with Crippen molar-refractivity contribution in [2.45, 2.75) is 32.5 Å². The molecule has 1 unspecified atom stereocenters. The third-order valence-electron chi connectivity index (χ3n) is 2.32. The fourth-order valence-electron chi connectivity index (χ4n) is 1.72. The molecule has 0 aliphatic carbocycles. The zero-order chi connectivity index (χ0) is 12.2. The van der Waals surface area contributed by atoms with Crippen LogP contribution in [0.3, 0.4) is 0 Å². The molecule has 1 heterocycles. The number of hydrogen-bond acceptors (Lipinski definition) is 3. The zero-order valence-corrected chi connectivity index (χ0v) is 12.0. The van der Waals surface area contributed by atoms with Crippen LogP contribution in [0.2, 0.25) is 0 Å². The van der Waals surface area contributed by atoms with Crippen LogP contribution >= 0.6 is 30.9 Å². The molecular formula is C9H18Cl2NO3P. The lowest BCUT2D eigenvalue weighted by Crippen LogP contribution is -2.34. The summed E-state index contributed by atoms with van der Waals surface area (Å²) in [6.45, 7) is 4.69. The number of hydrogen-bond donors (Lipinski definition) is 0. The maximum Gasteiger partial charge on any atom is 0.408 e. The van der Waals surface area contributed by atoms with Gasteiger partial charge >= 0.3 is 7.75 Å². The molecular weight excluding hydrogens is 272 g/mol. The second kappa shape index (κ2) is 6.58. The van der Waals surface area contributed by atoms with Crippen molar-refractivity contribution in [2.75, 3.05) is 24.8 Å². The van der Waals surface area contributed by atoms with E-state index in [0.29, 0.717) is 24.8 Å². The summed E-state index contributed by atoms with van der Waals surface area (Å²) in [5.41, 5.74) is 0. The number of rotatable bonds is 5.